The summed E-state index contributed by atoms with van der Waals surface area (Å²) in [7, 11) is 0. The Labute approximate surface area is 102 Å². The lowest BCUT2D eigenvalue weighted by atomic mass is 9.82. The van der Waals surface area contributed by atoms with E-state index >= 15 is 0 Å². The van der Waals surface area contributed by atoms with E-state index in [4.69, 9.17) is 10.5 Å². The van der Waals surface area contributed by atoms with E-state index in [0.29, 0.717) is 19.4 Å². The highest BCUT2D eigenvalue weighted by Crippen LogP contribution is 2.39. The molecule has 3 heteroatoms. The molecule has 1 aliphatic rings. The summed E-state index contributed by atoms with van der Waals surface area (Å²) >= 11 is 0. The number of halogens is 1. The van der Waals surface area contributed by atoms with Crippen LogP contribution < -0.4 is 10.5 Å². The summed E-state index contributed by atoms with van der Waals surface area (Å²) < 4.78 is 19.9. The molecule has 1 heterocycles. The number of hydrogen-bond acceptors (Lipinski definition) is 2. The van der Waals surface area contributed by atoms with E-state index < -0.39 is 5.67 Å². The van der Waals surface area contributed by atoms with Gasteiger partial charge in [0, 0.05) is 6.54 Å². The van der Waals surface area contributed by atoms with Crippen LogP contribution in [0.1, 0.15) is 37.7 Å². The Balaban J connectivity index is 2.19. The molecule has 0 saturated heterocycles. The van der Waals surface area contributed by atoms with E-state index in [1.165, 1.54) is 0 Å². The van der Waals surface area contributed by atoms with E-state index in [2.05, 4.69) is 0 Å². The average molecular weight is 237 g/mol. The van der Waals surface area contributed by atoms with Crippen molar-refractivity contribution in [2.75, 3.05) is 13.2 Å². The molecule has 0 saturated carbocycles. The first-order valence-corrected chi connectivity index (χ1v) is 6.29. The fraction of sp³-hybridized carbons (Fsp3) is 0.571. The van der Waals surface area contributed by atoms with Gasteiger partial charge < -0.3 is 10.5 Å². The van der Waals surface area contributed by atoms with Crippen LogP contribution in [0.4, 0.5) is 4.39 Å². The molecule has 1 aromatic carbocycles. The number of para-hydroxylation sites is 1. The molecule has 2 rings (SSSR count). The second kappa shape index (κ2) is 5.05. The Morgan fingerprint density at radius 3 is 2.94 bits per heavy atom. The molecule has 0 radical (unpaired) electrons. The summed E-state index contributed by atoms with van der Waals surface area (Å²) in [5, 5.41) is 0. The van der Waals surface area contributed by atoms with Crippen LogP contribution in [-0.2, 0) is 0 Å². The van der Waals surface area contributed by atoms with Gasteiger partial charge in [0.05, 0.1) is 6.61 Å². The first kappa shape index (κ1) is 12.4. The van der Waals surface area contributed by atoms with Crippen molar-refractivity contribution in [1.29, 1.82) is 0 Å². The monoisotopic (exact) mass is 237 g/mol. The van der Waals surface area contributed by atoms with E-state index in [1.54, 1.807) is 0 Å². The van der Waals surface area contributed by atoms with Crippen LogP contribution in [0.3, 0.4) is 0 Å². The number of fused-ring (bicyclic) bond motifs is 1. The smallest absolute Gasteiger partial charge is 0.123 e. The summed E-state index contributed by atoms with van der Waals surface area (Å²) in [6.07, 6.45) is 1.85. The van der Waals surface area contributed by atoms with Crippen molar-refractivity contribution in [2.24, 2.45) is 5.73 Å². The second-order valence-electron chi connectivity index (χ2n) is 4.78. The number of benzene rings is 1. The van der Waals surface area contributed by atoms with Crippen molar-refractivity contribution < 1.29 is 9.13 Å². The van der Waals surface area contributed by atoms with E-state index in [9.17, 15) is 4.39 Å². The molecule has 0 aromatic heterocycles. The number of ether oxygens (including phenoxy) is 1. The van der Waals surface area contributed by atoms with Gasteiger partial charge in [-0.1, -0.05) is 25.1 Å². The van der Waals surface area contributed by atoms with Crippen LogP contribution in [0, 0.1) is 0 Å². The van der Waals surface area contributed by atoms with E-state index in [0.717, 1.165) is 17.7 Å². The lowest BCUT2D eigenvalue weighted by Crippen LogP contribution is -2.35. The maximum Gasteiger partial charge on any atom is 0.123 e. The van der Waals surface area contributed by atoms with Crippen LogP contribution in [-0.4, -0.2) is 18.8 Å². The highest BCUT2D eigenvalue weighted by molar-refractivity contribution is 5.37. The Morgan fingerprint density at radius 2 is 2.24 bits per heavy atom. The molecule has 0 aliphatic carbocycles. The molecule has 94 valence electrons. The first-order valence-electron chi connectivity index (χ1n) is 6.29. The van der Waals surface area contributed by atoms with Gasteiger partial charge in [-0.05, 0) is 36.8 Å². The predicted octanol–water partition coefficient (Wildman–Crippen LogP) is 3.02. The average Bonchev–Trinajstić information content (AvgIpc) is 2.39. The molecule has 2 atom stereocenters. The second-order valence-corrected chi connectivity index (χ2v) is 4.78. The van der Waals surface area contributed by atoms with Crippen LogP contribution in [0.5, 0.6) is 5.75 Å². The van der Waals surface area contributed by atoms with Gasteiger partial charge in [-0.25, -0.2) is 4.39 Å². The normalized spacial score (nSPS) is 22.4. The van der Waals surface area contributed by atoms with Crippen molar-refractivity contribution in [2.45, 2.75) is 37.8 Å². The van der Waals surface area contributed by atoms with Crippen molar-refractivity contribution in [3.05, 3.63) is 29.8 Å². The lowest BCUT2D eigenvalue weighted by Gasteiger charge is -2.31. The molecule has 17 heavy (non-hydrogen) atoms. The number of rotatable bonds is 4. The third-order valence-electron chi connectivity index (χ3n) is 3.69. The standard InChI is InChI=1S/C14H20FNO/c1-2-14(15,10-16)9-11-7-8-17-13-6-4-3-5-12(11)13/h3-6,11H,2,7-10,16H2,1H3. The number of nitrogens with two attached hydrogens (primary N) is 1. The fourth-order valence-corrected chi connectivity index (χ4v) is 2.44. The Kier molecular flexibility index (Phi) is 3.67. The number of alkyl halides is 1. The van der Waals surface area contributed by atoms with Crippen molar-refractivity contribution in [1.82, 2.24) is 0 Å². The molecule has 0 amide bonds. The lowest BCUT2D eigenvalue weighted by molar-refractivity contribution is 0.129. The zero-order chi connectivity index (χ0) is 12.3. The van der Waals surface area contributed by atoms with Crippen molar-refractivity contribution in [3.8, 4) is 5.75 Å². The minimum absolute atomic E-state index is 0.100. The molecule has 2 unspecified atom stereocenters. The largest absolute Gasteiger partial charge is 0.493 e. The summed E-state index contributed by atoms with van der Waals surface area (Å²) in [6.45, 7) is 2.63. The Hall–Kier alpha value is -1.09. The van der Waals surface area contributed by atoms with Gasteiger partial charge in [-0.15, -0.1) is 0 Å². The third-order valence-corrected chi connectivity index (χ3v) is 3.69. The Bertz CT molecular complexity index is 376. The van der Waals surface area contributed by atoms with Gasteiger partial charge in [0.2, 0.25) is 0 Å². The first-order chi connectivity index (χ1) is 8.18. The molecule has 2 nitrogen and oxygen atoms in total. The minimum Gasteiger partial charge on any atom is -0.493 e. The third kappa shape index (κ3) is 2.60. The highest BCUT2D eigenvalue weighted by Gasteiger charge is 2.32. The molecule has 1 aliphatic heterocycles. The maximum atomic E-state index is 14.4. The molecule has 0 spiro atoms. The van der Waals surface area contributed by atoms with Gasteiger partial charge in [0.25, 0.3) is 0 Å². The van der Waals surface area contributed by atoms with Crippen molar-refractivity contribution >= 4 is 0 Å². The molecule has 0 fully saturated rings. The van der Waals surface area contributed by atoms with Crippen LogP contribution in [0.2, 0.25) is 0 Å². The topological polar surface area (TPSA) is 35.2 Å². The maximum absolute atomic E-state index is 14.4. The molecule has 0 bridgehead atoms. The summed E-state index contributed by atoms with van der Waals surface area (Å²) in [5.41, 5.74) is 5.43. The predicted molar refractivity (Wildman–Crippen MR) is 67.1 cm³/mol. The van der Waals surface area contributed by atoms with Gasteiger partial charge in [0.15, 0.2) is 0 Å². The van der Waals surface area contributed by atoms with E-state index in [-0.39, 0.29) is 12.5 Å². The van der Waals surface area contributed by atoms with Crippen LogP contribution in [0.15, 0.2) is 24.3 Å². The summed E-state index contributed by atoms with van der Waals surface area (Å²) in [6, 6.07) is 7.92. The van der Waals surface area contributed by atoms with Gasteiger partial charge in [-0.2, -0.15) is 0 Å². The zero-order valence-corrected chi connectivity index (χ0v) is 10.3. The van der Waals surface area contributed by atoms with E-state index in [1.807, 2.05) is 31.2 Å². The minimum atomic E-state index is -1.24. The quantitative estimate of drug-likeness (QED) is 0.873. The Morgan fingerprint density at radius 1 is 1.47 bits per heavy atom. The SMILES string of the molecule is CCC(F)(CN)CC1CCOc2ccccc21. The van der Waals surface area contributed by atoms with Gasteiger partial charge in [-0.3, -0.25) is 0 Å². The van der Waals surface area contributed by atoms with Crippen LogP contribution >= 0.6 is 0 Å². The molecular weight excluding hydrogens is 217 g/mol. The molecule has 2 N–H and O–H groups in total. The van der Waals surface area contributed by atoms with Gasteiger partial charge in [0.1, 0.15) is 11.4 Å². The summed E-state index contributed by atoms with van der Waals surface area (Å²) in [5.74, 6) is 1.13. The molecule has 1 aromatic rings. The highest BCUT2D eigenvalue weighted by atomic mass is 19.1. The number of hydrogen-bond donors (Lipinski definition) is 1. The molecular formula is C14H20FNO. The fourth-order valence-electron chi connectivity index (χ4n) is 2.44. The zero-order valence-electron chi connectivity index (χ0n) is 10.3. The van der Waals surface area contributed by atoms with Crippen LogP contribution in [0.25, 0.3) is 0 Å². The summed E-state index contributed by atoms with van der Waals surface area (Å²) in [4.78, 5) is 0. The van der Waals surface area contributed by atoms with Crippen molar-refractivity contribution in [3.63, 3.8) is 0 Å². The van der Waals surface area contributed by atoms with Gasteiger partial charge >= 0.3 is 0 Å².